The lowest BCUT2D eigenvalue weighted by molar-refractivity contribution is -0.146. The van der Waals surface area contributed by atoms with E-state index in [9.17, 15) is 9.59 Å². The van der Waals surface area contributed by atoms with Crippen molar-refractivity contribution in [2.45, 2.75) is 63.2 Å². The maximum atomic E-state index is 12.9. The van der Waals surface area contributed by atoms with Gasteiger partial charge in [-0.15, -0.1) is 0 Å². The minimum Gasteiger partial charge on any atom is -0.355 e. The summed E-state index contributed by atoms with van der Waals surface area (Å²) < 4.78 is 0. The highest BCUT2D eigenvalue weighted by atomic mass is 16.2. The molecule has 0 spiro atoms. The van der Waals surface area contributed by atoms with Crippen molar-refractivity contribution in [3.05, 3.63) is 35.9 Å². The van der Waals surface area contributed by atoms with Crippen LogP contribution in [0.4, 0.5) is 0 Å². The zero-order chi connectivity index (χ0) is 19.2. The highest BCUT2D eigenvalue weighted by molar-refractivity contribution is 5.84. The molecule has 5 aliphatic carbocycles. The molecule has 4 heteroatoms. The Morgan fingerprint density at radius 2 is 1.50 bits per heavy atom. The normalized spacial score (nSPS) is 34.1. The highest BCUT2D eigenvalue weighted by Gasteiger charge is 2.54. The van der Waals surface area contributed by atoms with E-state index in [4.69, 9.17) is 0 Å². The van der Waals surface area contributed by atoms with E-state index in [-0.39, 0.29) is 22.6 Å². The van der Waals surface area contributed by atoms with E-state index in [1.807, 2.05) is 6.07 Å². The van der Waals surface area contributed by atoms with E-state index in [1.165, 1.54) is 24.8 Å². The second kappa shape index (κ2) is 6.89. The Kier molecular flexibility index (Phi) is 4.48. The Morgan fingerprint density at radius 3 is 2.07 bits per heavy atom. The standard InChI is InChI=1S/C24H32N2O2/c27-21(26-16-23(7-8-23)20-4-2-1-3-5-20)6-9-25-22(28)24-13-17-10-18(14-24)12-19(11-17)15-24/h1-5,17-19H,6-16H2,(H,25,28)(H,26,27). The largest absolute Gasteiger partial charge is 0.355 e. The highest BCUT2D eigenvalue weighted by Crippen LogP contribution is 2.60. The second-order valence-electron chi connectivity index (χ2n) is 10.1. The van der Waals surface area contributed by atoms with Crippen LogP contribution in [0.5, 0.6) is 0 Å². The number of carbonyl (C=O) groups excluding carboxylic acids is 2. The van der Waals surface area contributed by atoms with Crippen molar-refractivity contribution in [1.82, 2.24) is 10.6 Å². The summed E-state index contributed by atoms with van der Waals surface area (Å²) in [5, 5.41) is 6.22. The van der Waals surface area contributed by atoms with Gasteiger partial charge in [0, 0.05) is 30.3 Å². The fourth-order valence-electron chi connectivity index (χ4n) is 6.73. The molecule has 2 N–H and O–H groups in total. The summed E-state index contributed by atoms with van der Waals surface area (Å²) in [4.78, 5) is 25.3. The van der Waals surface area contributed by atoms with E-state index < -0.39 is 0 Å². The van der Waals surface area contributed by atoms with Crippen LogP contribution in [0.2, 0.25) is 0 Å². The Morgan fingerprint density at radius 1 is 0.893 bits per heavy atom. The molecular formula is C24H32N2O2. The van der Waals surface area contributed by atoms with Crippen molar-refractivity contribution in [1.29, 1.82) is 0 Å². The van der Waals surface area contributed by atoms with Crippen molar-refractivity contribution in [3.63, 3.8) is 0 Å². The summed E-state index contributed by atoms with van der Waals surface area (Å²) in [6.45, 7) is 1.17. The van der Waals surface area contributed by atoms with Crippen molar-refractivity contribution in [3.8, 4) is 0 Å². The van der Waals surface area contributed by atoms with Gasteiger partial charge in [0.2, 0.25) is 11.8 Å². The number of amides is 2. The molecule has 28 heavy (non-hydrogen) atoms. The topological polar surface area (TPSA) is 58.2 Å². The first-order chi connectivity index (χ1) is 13.6. The quantitative estimate of drug-likeness (QED) is 0.760. The first kappa shape index (κ1) is 18.2. The maximum Gasteiger partial charge on any atom is 0.226 e. The number of carbonyl (C=O) groups is 2. The number of hydrogen-bond acceptors (Lipinski definition) is 2. The van der Waals surface area contributed by atoms with Gasteiger partial charge >= 0.3 is 0 Å². The molecule has 0 aromatic heterocycles. The summed E-state index contributed by atoms with van der Waals surface area (Å²) in [5.41, 5.74) is 1.35. The minimum absolute atomic E-state index is 0.0491. The number of benzene rings is 1. The average Bonchev–Trinajstić information content (AvgIpc) is 3.47. The van der Waals surface area contributed by atoms with Gasteiger partial charge in [-0.1, -0.05) is 30.3 Å². The van der Waals surface area contributed by atoms with Gasteiger partial charge in [-0.2, -0.15) is 0 Å². The molecule has 5 aliphatic rings. The third kappa shape index (κ3) is 3.35. The summed E-state index contributed by atoms with van der Waals surface area (Å²) in [7, 11) is 0. The zero-order valence-corrected chi connectivity index (χ0v) is 16.7. The molecular weight excluding hydrogens is 348 g/mol. The molecule has 150 valence electrons. The van der Waals surface area contributed by atoms with E-state index in [1.54, 1.807) is 0 Å². The predicted molar refractivity (Wildman–Crippen MR) is 109 cm³/mol. The summed E-state index contributed by atoms with van der Waals surface area (Å²) in [6, 6.07) is 10.5. The van der Waals surface area contributed by atoms with Crippen LogP contribution < -0.4 is 10.6 Å². The van der Waals surface area contributed by atoms with E-state index in [2.05, 4.69) is 34.9 Å². The molecule has 0 aliphatic heterocycles. The van der Waals surface area contributed by atoms with Gasteiger partial charge < -0.3 is 10.6 Å². The first-order valence-corrected chi connectivity index (χ1v) is 11.2. The van der Waals surface area contributed by atoms with Crippen molar-refractivity contribution >= 4 is 11.8 Å². The van der Waals surface area contributed by atoms with Gasteiger partial charge in [-0.05, 0) is 74.7 Å². The summed E-state index contributed by atoms with van der Waals surface area (Å²) in [5.74, 6) is 2.59. The third-order valence-corrected chi connectivity index (χ3v) is 8.02. The van der Waals surface area contributed by atoms with Crippen LogP contribution in [0.3, 0.4) is 0 Å². The Balaban J connectivity index is 1.08. The molecule has 4 nitrogen and oxygen atoms in total. The van der Waals surface area contributed by atoms with Crippen LogP contribution >= 0.6 is 0 Å². The fourth-order valence-corrected chi connectivity index (χ4v) is 6.73. The SMILES string of the molecule is O=C(CCNC(=O)C12CC3CC(CC(C3)C1)C2)NCC1(c2ccccc2)CC1. The van der Waals surface area contributed by atoms with Crippen LogP contribution in [0.25, 0.3) is 0 Å². The Bertz CT molecular complexity index is 718. The van der Waals surface area contributed by atoms with Gasteiger partial charge in [0.05, 0.1) is 0 Å². The zero-order valence-electron chi connectivity index (χ0n) is 16.7. The van der Waals surface area contributed by atoms with Gasteiger partial charge in [-0.25, -0.2) is 0 Å². The molecule has 0 atom stereocenters. The van der Waals surface area contributed by atoms with Crippen LogP contribution in [0, 0.1) is 23.2 Å². The van der Waals surface area contributed by atoms with Crippen LogP contribution in [-0.2, 0) is 15.0 Å². The summed E-state index contributed by atoms with van der Waals surface area (Å²) >= 11 is 0. The second-order valence-corrected chi connectivity index (χ2v) is 10.1. The summed E-state index contributed by atoms with van der Waals surface area (Å²) in [6.07, 6.45) is 9.93. The van der Waals surface area contributed by atoms with E-state index >= 15 is 0 Å². The lowest BCUT2D eigenvalue weighted by atomic mass is 9.49. The first-order valence-electron chi connectivity index (χ1n) is 11.2. The van der Waals surface area contributed by atoms with Crippen molar-refractivity contribution in [2.24, 2.45) is 23.2 Å². The fraction of sp³-hybridized carbons (Fsp3) is 0.667. The number of rotatable bonds is 7. The van der Waals surface area contributed by atoms with Gasteiger partial charge in [0.1, 0.15) is 0 Å². The molecule has 6 rings (SSSR count). The lowest BCUT2D eigenvalue weighted by Gasteiger charge is -2.55. The van der Waals surface area contributed by atoms with E-state index in [0.29, 0.717) is 19.5 Å². The lowest BCUT2D eigenvalue weighted by Crippen LogP contribution is -2.53. The molecule has 0 heterocycles. The van der Waals surface area contributed by atoms with Crippen LogP contribution in [0.15, 0.2) is 30.3 Å². The molecule has 0 saturated heterocycles. The molecule has 1 aromatic carbocycles. The Labute approximate surface area is 167 Å². The molecule has 5 fully saturated rings. The minimum atomic E-state index is -0.114. The van der Waals surface area contributed by atoms with Gasteiger partial charge in [0.15, 0.2) is 0 Å². The van der Waals surface area contributed by atoms with E-state index in [0.717, 1.165) is 49.9 Å². The maximum absolute atomic E-state index is 12.9. The molecule has 0 radical (unpaired) electrons. The van der Waals surface area contributed by atoms with Crippen molar-refractivity contribution < 1.29 is 9.59 Å². The smallest absolute Gasteiger partial charge is 0.226 e. The molecule has 2 amide bonds. The van der Waals surface area contributed by atoms with Crippen LogP contribution in [-0.4, -0.2) is 24.9 Å². The van der Waals surface area contributed by atoms with Crippen molar-refractivity contribution in [2.75, 3.05) is 13.1 Å². The van der Waals surface area contributed by atoms with Gasteiger partial charge in [0.25, 0.3) is 0 Å². The average molecular weight is 381 g/mol. The number of nitrogens with one attached hydrogen (secondary N) is 2. The monoisotopic (exact) mass is 380 g/mol. The van der Waals surface area contributed by atoms with Crippen LogP contribution in [0.1, 0.15) is 63.4 Å². The third-order valence-electron chi connectivity index (χ3n) is 8.02. The molecule has 4 bridgehead atoms. The molecule has 5 saturated carbocycles. The molecule has 0 unspecified atom stereocenters. The Hall–Kier alpha value is -1.84. The van der Waals surface area contributed by atoms with Gasteiger partial charge in [-0.3, -0.25) is 9.59 Å². The number of hydrogen-bond donors (Lipinski definition) is 2. The predicted octanol–water partition coefficient (Wildman–Crippen LogP) is 3.56. The molecule has 1 aromatic rings.